The van der Waals surface area contributed by atoms with Crippen LogP contribution in [0.4, 0.5) is 0 Å². The first-order valence-corrected chi connectivity index (χ1v) is 6.39. The average molecular weight is 259 g/mol. The Bertz CT molecular complexity index is 686. The zero-order chi connectivity index (χ0) is 14.0. The molecule has 0 saturated heterocycles. The minimum atomic E-state index is -0.536. The van der Waals surface area contributed by atoms with Crippen LogP contribution >= 0.6 is 0 Å². The Hall–Kier alpha value is -2.10. The summed E-state index contributed by atoms with van der Waals surface area (Å²) in [4.78, 5) is 24.3. The molecule has 0 aliphatic heterocycles. The highest BCUT2D eigenvalue weighted by Gasteiger charge is 2.20. The van der Waals surface area contributed by atoms with Crippen LogP contribution in [-0.4, -0.2) is 17.1 Å². The van der Waals surface area contributed by atoms with Gasteiger partial charge in [-0.2, -0.15) is 0 Å². The zero-order valence-corrected chi connectivity index (χ0v) is 11.4. The van der Waals surface area contributed by atoms with Gasteiger partial charge in [-0.25, -0.2) is 4.79 Å². The van der Waals surface area contributed by atoms with Crippen molar-refractivity contribution in [1.29, 1.82) is 0 Å². The molecule has 0 amide bonds. The number of carbonyl (C=O) groups excluding carboxylic acids is 1. The molecule has 2 rings (SSSR count). The molecule has 0 spiro atoms. The number of ether oxygens (including phenoxy) is 1. The molecule has 19 heavy (non-hydrogen) atoms. The van der Waals surface area contributed by atoms with Crippen LogP contribution in [0.3, 0.4) is 0 Å². The lowest BCUT2D eigenvalue weighted by atomic mass is 10.0. The number of aryl methyl sites for hydroxylation is 2. The Kier molecular flexibility index (Phi) is 3.69. The number of hydrogen-bond donors (Lipinski definition) is 0. The lowest BCUT2D eigenvalue weighted by Gasteiger charge is -2.13. The lowest BCUT2D eigenvalue weighted by Crippen LogP contribution is -2.28. The third kappa shape index (κ3) is 2.14. The minimum absolute atomic E-state index is 0.158. The maximum atomic E-state index is 12.3. The molecule has 1 heterocycles. The fourth-order valence-electron chi connectivity index (χ4n) is 2.34. The fraction of sp³-hybridized carbons (Fsp3) is 0.333. The van der Waals surface area contributed by atoms with E-state index in [1.165, 1.54) is 4.57 Å². The number of pyridine rings is 1. The zero-order valence-electron chi connectivity index (χ0n) is 11.4. The molecular formula is C15H17NO3. The van der Waals surface area contributed by atoms with Gasteiger partial charge in [0.2, 0.25) is 0 Å². The van der Waals surface area contributed by atoms with E-state index < -0.39 is 5.97 Å². The van der Waals surface area contributed by atoms with Gasteiger partial charge >= 0.3 is 5.97 Å². The van der Waals surface area contributed by atoms with E-state index in [9.17, 15) is 9.59 Å². The molecule has 100 valence electrons. The Morgan fingerprint density at radius 3 is 2.58 bits per heavy atom. The second-order valence-electron chi connectivity index (χ2n) is 4.31. The summed E-state index contributed by atoms with van der Waals surface area (Å²) in [5.41, 5.74) is 1.45. The number of rotatable bonds is 3. The fourth-order valence-corrected chi connectivity index (χ4v) is 2.34. The number of benzene rings is 1. The third-order valence-corrected chi connectivity index (χ3v) is 3.24. The van der Waals surface area contributed by atoms with Crippen molar-refractivity contribution in [3.63, 3.8) is 0 Å². The summed E-state index contributed by atoms with van der Waals surface area (Å²) in [5.74, 6) is -0.536. The van der Waals surface area contributed by atoms with Crippen LogP contribution in [0.5, 0.6) is 0 Å². The van der Waals surface area contributed by atoms with Gasteiger partial charge in [0, 0.05) is 12.4 Å². The molecule has 2 aromatic rings. The van der Waals surface area contributed by atoms with Crippen molar-refractivity contribution in [2.75, 3.05) is 6.61 Å². The van der Waals surface area contributed by atoms with E-state index in [0.29, 0.717) is 6.42 Å². The van der Waals surface area contributed by atoms with Gasteiger partial charge in [-0.1, -0.05) is 25.1 Å². The van der Waals surface area contributed by atoms with Crippen LogP contribution in [0, 0.1) is 0 Å². The molecule has 0 bridgehead atoms. The Morgan fingerprint density at radius 1 is 1.26 bits per heavy atom. The van der Waals surface area contributed by atoms with Gasteiger partial charge < -0.3 is 9.30 Å². The van der Waals surface area contributed by atoms with Gasteiger partial charge in [0.05, 0.1) is 12.1 Å². The molecular weight excluding hydrogens is 242 g/mol. The first-order valence-electron chi connectivity index (χ1n) is 6.39. The summed E-state index contributed by atoms with van der Waals surface area (Å²) < 4.78 is 6.50. The molecule has 0 radical (unpaired) electrons. The summed E-state index contributed by atoms with van der Waals surface area (Å²) in [6.07, 6.45) is 0.616. The van der Waals surface area contributed by atoms with E-state index in [2.05, 4.69) is 0 Å². The smallest absolute Gasteiger partial charge is 0.344 e. The summed E-state index contributed by atoms with van der Waals surface area (Å²) in [6.45, 7) is 3.93. The van der Waals surface area contributed by atoms with Gasteiger partial charge in [0.25, 0.3) is 5.56 Å². The molecule has 0 N–H and O–H groups in total. The third-order valence-electron chi connectivity index (χ3n) is 3.24. The standard InChI is InChI=1S/C15H17NO3/c1-4-10-11-8-6-7-9-12(11)16(3)14(17)13(10)15(18)19-5-2/h6-9H,4-5H2,1-3H3. The maximum Gasteiger partial charge on any atom is 0.344 e. The van der Waals surface area contributed by atoms with E-state index in [1.807, 2.05) is 31.2 Å². The van der Waals surface area contributed by atoms with E-state index in [-0.39, 0.29) is 17.7 Å². The highest BCUT2D eigenvalue weighted by Crippen LogP contribution is 2.20. The van der Waals surface area contributed by atoms with Crippen molar-refractivity contribution in [3.05, 3.63) is 45.7 Å². The maximum absolute atomic E-state index is 12.3. The molecule has 1 aromatic carbocycles. The molecule has 4 heteroatoms. The number of esters is 1. The molecule has 1 aromatic heterocycles. The van der Waals surface area contributed by atoms with Crippen molar-refractivity contribution in [1.82, 2.24) is 4.57 Å². The van der Waals surface area contributed by atoms with Crippen LogP contribution in [-0.2, 0) is 18.2 Å². The second kappa shape index (κ2) is 5.26. The molecule has 0 aliphatic rings. The highest BCUT2D eigenvalue weighted by molar-refractivity contribution is 5.97. The number of aromatic nitrogens is 1. The van der Waals surface area contributed by atoms with Crippen molar-refractivity contribution < 1.29 is 9.53 Å². The number of para-hydroxylation sites is 1. The Balaban J connectivity index is 2.87. The van der Waals surface area contributed by atoms with Gasteiger partial charge in [0.15, 0.2) is 0 Å². The van der Waals surface area contributed by atoms with Crippen molar-refractivity contribution in [3.8, 4) is 0 Å². The van der Waals surface area contributed by atoms with E-state index in [1.54, 1.807) is 14.0 Å². The van der Waals surface area contributed by atoms with Crippen LogP contribution in [0.15, 0.2) is 29.1 Å². The van der Waals surface area contributed by atoms with Crippen LogP contribution in [0.2, 0.25) is 0 Å². The quantitative estimate of drug-likeness (QED) is 0.794. The van der Waals surface area contributed by atoms with E-state index in [0.717, 1.165) is 16.5 Å². The van der Waals surface area contributed by atoms with Gasteiger partial charge in [-0.3, -0.25) is 4.79 Å². The first-order chi connectivity index (χ1) is 9.11. The molecule has 0 unspecified atom stereocenters. The SMILES string of the molecule is CCOC(=O)c1c(CC)c2ccccc2n(C)c1=O. The monoisotopic (exact) mass is 259 g/mol. The molecule has 0 atom stereocenters. The largest absolute Gasteiger partial charge is 0.462 e. The van der Waals surface area contributed by atoms with Crippen molar-refractivity contribution in [2.45, 2.75) is 20.3 Å². The van der Waals surface area contributed by atoms with Crippen molar-refractivity contribution in [2.24, 2.45) is 7.05 Å². The normalized spacial score (nSPS) is 10.7. The predicted molar refractivity (Wildman–Crippen MR) is 74.5 cm³/mol. The summed E-state index contributed by atoms with van der Waals surface area (Å²) in [6, 6.07) is 7.59. The minimum Gasteiger partial charge on any atom is -0.462 e. The van der Waals surface area contributed by atoms with Crippen LogP contribution in [0.25, 0.3) is 10.9 Å². The van der Waals surface area contributed by atoms with Gasteiger partial charge in [-0.05, 0) is 25.0 Å². The Labute approximate surface area is 111 Å². The molecule has 0 fully saturated rings. The number of nitrogens with zero attached hydrogens (tertiary/aromatic N) is 1. The van der Waals surface area contributed by atoms with Crippen molar-refractivity contribution >= 4 is 16.9 Å². The topological polar surface area (TPSA) is 48.3 Å². The number of carbonyl (C=O) groups is 1. The summed E-state index contributed by atoms with van der Waals surface area (Å²) in [7, 11) is 1.67. The number of fused-ring (bicyclic) bond motifs is 1. The molecule has 0 aliphatic carbocycles. The predicted octanol–water partition coefficient (Wildman–Crippen LogP) is 2.28. The lowest BCUT2D eigenvalue weighted by molar-refractivity contribution is 0.0522. The first kappa shape index (κ1) is 13.3. The van der Waals surface area contributed by atoms with E-state index in [4.69, 9.17) is 4.74 Å². The van der Waals surface area contributed by atoms with Gasteiger partial charge in [-0.15, -0.1) is 0 Å². The second-order valence-corrected chi connectivity index (χ2v) is 4.31. The average Bonchev–Trinajstić information content (AvgIpc) is 2.42. The van der Waals surface area contributed by atoms with Gasteiger partial charge in [0.1, 0.15) is 5.56 Å². The van der Waals surface area contributed by atoms with Crippen LogP contribution in [0.1, 0.15) is 29.8 Å². The molecule has 4 nitrogen and oxygen atoms in total. The van der Waals surface area contributed by atoms with E-state index >= 15 is 0 Å². The summed E-state index contributed by atoms with van der Waals surface area (Å²) >= 11 is 0. The van der Waals surface area contributed by atoms with Crippen LogP contribution < -0.4 is 5.56 Å². The molecule has 0 saturated carbocycles. The number of hydrogen-bond acceptors (Lipinski definition) is 3. The Morgan fingerprint density at radius 2 is 1.95 bits per heavy atom. The highest BCUT2D eigenvalue weighted by atomic mass is 16.5. The summed E-state index contributed by atoms with van der Waals surface area (Å²) in [5, 5.41) is 0.926.